The molecule has 0 spiro atoms. The Morgan fingerprint density at radius 1 is 1.03 bits per heavy atom. The Balaban J connectivity index is 1.48. The lowest BCUT2D eigenvalue weighted by molar-refractivity contribution is 0.102. The molecule has 0 atom stereocenters. The van der Waals surface area contributed by atoms with Crippen molar-refractivity contribution in [3.8, 4) is 11.4 Å². The fourth-order valence-corrected chi connectivity index (χ4v) is 3.76. The largest absolute Gasteiger partial charge is 0.339 e. The molecule has 0 bridgehead atoms. The first kappa shape index (κ1) is 23.0. The third-order valence-electron chi connectivity index (χ3n) is 5.69. The topological polar surface area (TPSA) is 97.6 Å². The van der Waals surface area contributed by atoms with E-state index in [9.17, 15) is 13.6 Å². The summed E-state index contributed by atoms with van der Waals surface area (Å²) < 4.78 is 27.9. The summed E-state index contributed by atoms with van der Waals surface area (Å²) in [5.41, 5.74) is 3.44. The number of benzene rings is 2. The van der Waals surface area contributed by atoms with E-state index in [-0.39, 0.29) is 5.56 Å². The van der Waals surface area contributed by atoms with Crippen LogP contribution in [0.15, 0.2) is 73.4 Å². The highest BCUT2D eigenvalue weighted by molar-refractivity contribution is 6.05. The molecule has 0 fully saturated rings. The van der Waals surface area contributed by atoms with Crippen molar-refractivity contribution < 1.29 is 13.6 Å². The van der Waals surface area contributed by atoms with Gasteiger partial charge in [-0.15, -0.1) is 0 Å². The van der Waals surface area contributed by atoms with Crippen molar-refractivity contribution in [2.24, 2.45) is 7.05 Å². The van der Waals surface area contributed by atoms with Crippen molar-refractivity contribution in [3.05, 3.63) is 90.1 Å². The van der Waals surface area contributed by atoms with E-state index in [1.54, 1.807) is 30.6 Å². The molecule has 180 valence electrons. The Kier molecular flexibility index (Phi) is 6.07. The molecule has 8 nitrogen and oxygen atoms in total. The lowest BCUT2D eigenvalue weighted by Crippen LogP contribution is -2.12. The number of aryl methyl sites for hydroxylation is 2. The zero-order valence-electron chi connectivity index (χ0n) is 19.4. The van der Waals surface area contributed by atoms with Gasteiger partial charge in [0.2, 0.25) is 0 Å². The average molecular weight is 485 g/mol. The molecule has 0 aliphatic rings. The molecule has 5 aromatic rings. The Labute approximate surface area is 205 Å². The predicted octanol–water partition coefficient (Wildman–Crippen LogP) is 5.67. The van der Waals surface area contributed by atoms with E-state index in [0.29, 0.717) is 34.1 Å². The number of anilines is 3. The minimum absolute atomic E-state index is 0.158. The summed E-state index contributed by atoms with van der Waals surface area (Å²) in [7, 11) is 1.89. The summed E-state index contributed by atoms with van der Waals surface area (Å²) >= 11 is 0. The molecule has 10 heteroatoms. The molecule has 1 amide bonds. The van der Waals surface area contributed by atoms with Crippen molar-refractivity contribution in [2.75, 3.05) is 10.6 Å². The van der Waals surface area contributed by atoms with Crippen molar-refractivity contribution >= 4 is 34.1 Å². The second-order valence-corrected chi connectivity index (χ2v) is 8.22. The second kappa shape index (κ2) is 9.49. The molecule has 0 unspecified atom stereocenters. The number of rotatable bonds is 6. The number of nitrogens with zero attached hydrogens (tertiary/aromatic N) is 5. The molecule has 0 saturated heterocycles. The van der Waals surface area contributed by atoms with E-state index in [4.69, 9.17) is 4.98 Å². The van der Waals surface area contributed by atoms with Gasteiger partial charge in [0.15, 0.2) is 5.82 Å². The number of carbonyl (C=O) groups excluding carboxylic acids is 1. The van der Waals surface area contributed by atoms with Crippen molar-refractivity contribution in [1.29, 1.82) is 0 Å². The van der Waals surface area contributed by atoms with Gasteiger partial charge in [0.25, 0.3) is 12.3 Å². The van der Waals surface area contributed by atoms with E-state index in [2.05, 4.69) is 25.6 Å². The number of amides is 1. The van der Waals surface area contributed by atoms with E-state index in [1.165, 1.54) is 24.5 Å². The maximum absolute atomic E-state index is 13.0. The number of hydrogen-bond acceptors (Lipinski definition) is 6. The van der Waals surface area contributed by atoms with Crippen molar-refractivity contribution in [1.82, 2.24) is 24.5 Å². The molecule has 3 aromatic heterocycles. The minimum Gasteiger partial charge on any atom is -0.339 e. The molecule has 2 aromatic carbocycles. The van der Waals surface area contributed by atoms with Crippen LogP contribution in [0, 0.1) is 6.92 Å². The summed E-state index contributed by atoms with van der Waals surface area (Å²) in [6.07, 6.45) is 3.99. The molecule has 0 aliphatic heterocycles. The van der Waals surface area contributed by atoms with Crippen molar-refractivity contribution in [2.45, 2.75) is 13.3 Å². The average Bonchev–Trinajstić information content (AvgIpc) is 3.26. The van der Waals surface area contributed by atoms with Crippen LogP contribution in [0.2, 0.25) is 0 Å². The Hall–Kier alpha value is -4.73. The number of hydrogen-bond donors (Lipinski definition) is 2. The van der Waals surface area contributed by atoms with Crippen LogP contribution in [0.3, 0.4) is 0 Å². The van der Waals surface area contributed by atoms with Crippen LogP contribution in [0.4, 0.5) is 26.0 Å². The minimum atomic E-state index is -2.62. The number of fused-ring (bicyclic) bond motifs is 1. The molecule has 2 N–H and O–H groups in total. The van der Waals surface area contributed by atoms with Crippen LogP contribution in [0.1, 0.15) is 27.9 Å². The van der Waals surface area contributed by atoms with Gasteiger partial charge in [-0.25, -0.2) is 28.7 Å². The Morgan fingerprint density at radius 2 is 1.83 bits per heavy atom. The summed E-state index contributed by atoms with van der Waals surface area (Å²) in [6.45, 7) is 1.91. The fourth-order valence-electron chi connectivity index (χ4n) is 3.76. The molecule has 0 radical (unpaired) electrons. The van der Waals surface area contributed by atoms with Crippen LogP contribution in [0.25, 0.3) is 22.4 Å². The summed E-state index contributed by atoms with van der Waals surface area (Å²) in [5, 5.41) is 6.82. The molecule has 0 aliphatic carbocycles. The van der Waals surface area contributed by atoms with Crippen molar-refractivity contribution in [3.63, 3.8) is 0 Å². The maximum Gasteiger partial charge on any atom is 0.263 e. The normalized spacial score (nSPS) is 11.1. The number of alkyl halides is 2. The van der Waals surface area contributed by atoms with Gasteiger partial charge in [-0.1, -0.05) is 18.2 Å². The third kappa shape index (κ3) is 4.61. The Morgan fingerprint density at radius 3 is 2.61 bits per heavy atom. The highest BCUT2D eigenvalue weighted by atomic mass is 19.3. The molecule has 3 heterocycles. The standard InChI is InChI=1S/C26H21F2N7O/c1-15-6-7-17(26(36)31-19-5-3-4-16(10-19)22(27)28)11-21(15)32-24-20-8-9-35(2)25(20)34-23(33-24)18-12-29-14-30-13-18/h3-14,22H,1-2H3,(H,31,36)(H,32,33,34). The van der Waals surface area contributed by atoms with Crippen LogP contribution >= 0.6 is 0 Å². The monoisotopic (exact) mass is 485 g/mol. The first-order valence-corrected chi connectivity index (χ1v) is 11.0. The van der Waals surface area contributed by atoms with E-state index in [1.807, 2.05) is 36.9 Å². The first-order valence-electron chi connectivity index (χ1n) is 11.0. The quantitative estimate of drug-likeness (QED) is 0.322. The highest BCUT2D eigenvalue weighted by Gasteiger charge is 2.15. The first-order chi connectivity index (χ1) is 17.4. The number of nitrogens with one attached hydrogen (secondary N) is 2. The van der Waals surface area contributed by atoms with E-state index >= 15 is 0 Å². The highest BCUT2D eigenvalue weighted by Crippen LogP contribution is 2.29. The van der Waals surface area contributed by atoms with Crippen LogP contribution in [-0.2, 0) is 7.05 Å². The number of aromatic nitrogens is 5. The van der Waals surface area contributed by atoms with Crippen LogP contribution in [-0.4, -0.2) is 30.4 Å². The van der Waals surface area contributed by atoms with Gasteiger partial charge in [0, 0.05) is 48.1 Å². The smallest absolute Gasteiger partial charge is 0.263 e. The van der Waals surface area contributed by atoms with Crippen LogP contribution in [0.5, 0.6) is 0 Å². The van der Waals surface area contributed by atoms with E-state index in [0.717, 1.165) is 16.6 Å². The predicted molar refractivity (Wildman–Crippen MR) is 133 cm³/mol. The lowest BCUT2D eigenvalue weighted by atomic mass is 10.1. The molecule has 36 heavy (non-hydrogen) atoms. The lowest BCUT2D eigenvalue weighted by Gasteiger charge is -2.13. The third-order valence-corrected chi connectivity index (χ3v) is 5.69. The summed E-state index contributed by atoms with van der Waals surface area (Å²) in [6, 6.07) is 12.7. The molecule has 5 rings (SSSR count). The van der Waals surface area contributed by atoms with Gasteiger partial charge in [0.1, 0.15) is 17.8 Å². The van der Waals surface area contributed by atoms with Gasteiger partial charge in [0.05, 0.1) is 10.9 Å². The van der Waals surface area contributed by atoms with E-state index < -0.39 is 12.3 Å². The Bertz CT molecular complexity index is 1570. The van der Waals surface area contributed by atoms with Crippen LogP contribution < -0.4 is 10.6 Å². The summed E-state index contributed by atoms with van der Waals surface area (Å²) in [5.74, 6) is 0.599. The summed E-state index contributed by atoms with van der Waals surface area (Å²) in [4.78, 5) is 30.4. The zero-order valence-corrected chi connectivity index (χ0v) is 19.4. The molecular formula is C26H21F2N7O. The van der Waals surface area contributed by atoms with Gasteiger partial charge < -0.3 is 15.2 Å². The number of halogens is 2. The zero-order chi connectivity index (χ0) is 25.2. The van der Waals surface area contributed by atoms with Gasteiger partial charge in [-0.3, -0.25) is 4.79 Å². The molecular weight excluding hydrogens is 464 g/mol. The maximum atomic E-state index is 13.0. The fraction of sp³-hybridized carbons (Fsp3) is 0.115. The molecule has 0 saturated carbocycles. The van der Waals surface area contributed by atoms with Gasteiger partial charge in [-0.2, -0.15) is 0 Å². The van der Waals surface area contributed by atoms with Gasteiger partial charge >= 0.3 is 0 Å². The number of carbonyl (C=O) groups is 1. The van der Waals surface area contributed by atoms with Gasteiger partial charge in [-0.05, 0) is 42.8 Å². The SMILES string of the molecule is Cc1ccc(C(=O)Nc2cccc(C(F)F)c2)cc1Nc1nc(-c2cncnc2)nc2c1ccn2C. The second-order valence-electron chi connectivity index (χ2n) is 8.22.